The van der Waals surface area contributed by atoms with E-state index in [9.17, 15) is 0 Å². The van der Waals surface area contributed by atoms with Crippen molar-refractivity contribution in [2.75, 3.05) is 11.9 Å². The summed E-state index contributed by atoms with van der Waals surface area (Å²) in [5.74, 6) is 0.550. The lowest BCUT2D eigenvalue weighted by Crippen LogP contribution is -2.04. The smallest absolute Gasteiger partial charge is 0.315 e. The molecule has 0 aliphatic carbocycles. The van der Waals surface area contributed by atoms with Crippen LogP contribution in [-0.2, 0) is 6.42 Å². The van der Waals surface area contributed by atoms with E-state index in [-0.39, 0.29) is 0 Å². The fourth-order valence-corrected chi connectivity index (χ4v) is 2.53. The summed E-state index contributed by atoms with van der Waals surface area (Å²) in [5.41, 5.74) is 1.21. The van der Waals surface area contributed by atoms with Gasteiger partial charge in [-0.3, -0.25) is 0 Å². The molecule has 2 heterocycles. The second kappa shape index (κ2) is 6.07. The van der Waals surface area contributed by atoms with Crippen LogP contribution in [0.4, 0.5) is 6.01 Å². The van der Waals surface area contributed by atoms with Gasteiger partial charge < -0.3 is 9.73 Å². The maximum Gasteiger partial charge on any atom is 0.315 e. The van der Waals surface area contributed by atoms with Gasteiger partial charge >= 0.3 is 6.01 Å². The summed E-state index contributed by atoms with van der Waals surface area (Å²) < 4.78 is 5.54. The van der Waals surface area contributed by atoms with Gasteiger partial charge in [0.1, 0.15) is 0 Å². The highest BCUT2D eigenvalue weighted by Gasteiger charge is 2.08. The third-order valence-corrected chi connectivity index (χ3v) is 3.87. The Balaban J connectivity index is 1.55. The second-order valence-electron chi connectivity index (χ2n) is 4.19. The molecule has 0 atom stereocenters. The van der Waals surface area contributed by atoms with Gasteiger partial charge in [0.2, 0.25) is 0 Å². The van der Waals surface area contributed by atoms with Crippen molar-refractivity contribution in [1.29, 1.82) is 0 Å². The van der Waals surface area contributed by atoms with Crippen molar-refractivity contribution in [2.24, 2.45) is 0 Å². The topological polar surface area (TPSA) is 51.0 Å². The monoisotopic (exact) mass is 305 g/mol. The van der Waals surface area contributed by atoms with Crippen molar-refractivity contribution in [3.8, 4) is 10.8 Å². The zero-order valence-electron chi connectivity index (χ0n) is 10.5. The molecule has 0 fully saturated rings. The first-order valence-electron chi connectivity index (χ1n) is 6.17. The maximum atomic E-state index is 5.85. The van der Waals surface area contributed by atoms with Crippen LogP contribution < -0.4 is 5.32 Å². The Morgan fingerprint density at radius 1 is 1.15 bits per heavy atom. The number of benzene rings is 1. The van der Waals surface area contributed by atoms with Crippen LogP contribution in [0.25, 0.3) is 10.8 Å². The average molecular weight is 306 g/mol. The number of rotatable bonds is 5. The molecule has 3 rings (SSSR count). The first-order chi connectivity index (χ1) is 9.81. The van der Waals surface area contributed by atoms with E-state index in [0.717, 1.165) is 22.9 Å². The number of hydrogen-bond acceptors (Lipinski definition) is 5. The van der Waals surface area contributed by atoms with Gasteiger partial charge in [-0.25, -0.2) is 0 Å². The number of thiophene rings is 1. The Bertz CT molecular complexity index is 664. The highest BCUT2D eigenvalue weighted by molar-refractivity contribution is 7.13. The molecule has 1 aromatic carbocycles. The first-order valence-corrected chi connectivity index (χ1v) is 7.43. The van der Waals surface area contributed by atoms with E-state index in [4.69, 9.17) is 16.0 Å². The minimum atomic E-state index is 0.447. The number of nitrogens with zero attached hydrogens (tertiary/aromatic N) is 2. The Labute approximate surface area is 125 Å². The van der Waals surface area contributed by atoms with E-state index in [1.165, 1.54) is 5.56 Å². The summed E-state index contributed by atoms with van der Waals surface area (Å²) in [6.45, 7) is 0.730. The van der Waals surface area contributed by atoms with Crippen molar-refractivity contribution in [2.45, 2.75) is 6.42 Å². The zero-order chi connectivity index (χ0) is 13.8. The average Bonchev–Trinajstić information content (AvgIpc) is 3.11. The molecule has 0 amide bonds. The lowest BCUT2D eigenvalue weighted by atomic mass is 10.1. The molecule has 0 radical (unpaired) electrons. The summed E-state index contributed by atoms with van der Waals surface area (Å²) in [5, 5.41) is 13.8. The number of nitrogens with one attached hydrogen (secondary N) is 1. The largest absolute Gasteiger partial charge is 0.403 e. The molecule has 0 unspecified atom stereocenters. The first kappa shape index (κ1) is 13.1. The summed E-state index contributed by atoms with van der Waals surface area (Å²) in [6.07, 6.45) is 0.869. The number of anilines is 1. The molecule has 20 heavy (non-hydrogen) atoms. The van der Waals surface area contributed by atoms with E-state index < -0.39 is 0 Å². The predicted octanol–water partition coefficient (Wildman–Crippen LogP) is 4.11. The third-order valence-electron chi connectivity index (χ3n) is 2.76. The molecule has 0 aliphatic rings. The molecule has 0 aliphatic heterocycles. The number of halogens is 1. The van der Waals surface area contributed by atoms with Crippen LogP contribution in [0.1, 0.15) is 5.56 Å². The number of aromatic nitrogens is 2. The van der Waals surface area contributed by atoms with Crippen LogP contribution >= 0.6 is 22.9 Å². The minimum absolute atomic E-state index is 0.447. The van der Waals surface area contributed by atoms with E-state index in [0.29, 0.717) is 11.9 Å². The molecule has 3 aromatic rings. The van der Waals surface area contributed by atoms with Crippen LogP contribution in [0.15, 0.2) is 46.2 Å². The second-order valence-corrected chi connectivity index (χ2v) is 5.58. The van der Waals surface area contributed by atoms with Gasteiger partial charge in [0.25, 0.3) is 5.89 Å². The Hall–Kier alpha value is -1.85. The van der Waals surface area contributed by atoms with Gasteiger partial charge in [-0.1, -0.05) is 34.9 Å². The van der Waals surface area contributed by atoms with Gasteiger partial charge in [-0.2, -0.15) is 0 Å². The molecule has 1 N–H and O–H groups in total. The van der Waals surface area contributed by atoms with Crippen molar-refractivity contribution in [3.05, 3.63) is 52.4 Å². The summed E-state index contributed by atoms with van der Waals surface area (Å²) in [6, 6.07) is 12.1. The normalized spacial score (nSPS) is 10.7. The molecular weight excluding hydrogens is 294 g/mol. The van der Waals surface area contributed by atoms with E-state index >= 15 is 0 Å². The Morgan fingerprint density at radius 2 is 2.00 bits per heavy atom. The summed E-state index contributed by atoms with van der Waals surface area (Å²) >= 11 is 7.42. The van der Waals surface area contributed by atoms with Crippen molar-refractivity contribution in [3.63, 3.8) is 0 Å². The van der Waals surface area contributed by atoms with Gasteiger partial charge in [-0.05, 0) is 35.6 Å². The lowest BCUT2D eigenvalue weighted by Gasteiger charge is -2.01. The summed E-state index contributed by atoms with van der Waals surface area (Å²) in [7, 11) is 0. The molecule has 0 spiro atoms. The van der Waals surface area contributed by atoms with Crippen LogP contribution in [0.3, 0.4) is 0 Å². The molecular formula is C14H12ClN3OS. The SMILES string of the molecule is Clc1ccc(CCNc2nnc(-c3cccs3)o2)cc1. The highest BCUT2D eigenvalue weighted by Crippen LogP contribution is 2.24. The Morgan fingerprint density at radius 3 is 2.75 bits per heavy atom. The molecule has 0 saturated carbocycles. The highest BCUT2D eigenvalue weighted by atomic mass is 35.5. The van der Waals surface area contributed by atoms with E-state index in [1.807, 2.05) is 41.8 Å². The third kappa shape index (κ3) is 3.18. The molecule has 0 bridgehead atoms. The van der Waals surface area contributed by atoms with Crippen LogP contribution in [0.5, 0.6) is 0 Å². The van der Waals surface area contributed by atoms with Gasteiger partial charge in [0.05, 0.1) is 4.88 Å². The minimum Gasteiger partial charge on any atom is -0.403 e. The van der Waals surface area contributed by atoms with Crippen LogP contribution in [0, 0.1) is 0 Å². The van der Waals surface area contributed by atoms with E-state index in [1.54, 1.807) is 11.3 Å². The van der Waals surface area contributed by atoms with Gasteiger partial charge in [0.15, 0.2) is 0 Å². The predicted molar refractivity (Wildman–Crippen MR) is 81.3 cm³/mol. The fourth-order valence-electron chi connectivity index (χ4n) is 1.76. The van der Waals surface area contributed by atoms with Crippen molar-refractivity contribution >= 4 is 29.0 Å². The van der Waals surface area contributed by atoms with Crippen LogP contribution in [0.2, 0.25) is 5.02 Å². The quantitative estimate of drug-likeness (QED) is 0.771. The number of hydrogen-bond donors (Lipinski definition) is 1. The standard InChI is InChI=1S/C14H12ClN3OS/c15-11-5-3-10(4-6-11)7-8-16-14-18-17-13(19-14)12-2-1-9-20-12/h1-6,9H,7-8H2,(H,16,18). The molecule has 0 saturated heterocycles. The molecule has 102 valence electrons. The van der Waals surface area contributed by atoms with Crippen molar-refractivity contribution in [1.82, 2.24) is 10.2 Å². The lowest BCUT2D eigenvalue weighted by molar-refractivity contribution is 0.582. The Kier molecular flexibility index (Phi) is 3.99. The fraction of sp³-hybridized carbons (Fsp3) is 0.143. The maximum absolute atomic E-state index is 5.85. The molecule has 4 nitrogen and oxygen atoms in total. The van der Waals surface area contributed by atoms with Crippen molar-refractivity contribution < 1.29 is 4.42 Å². The van der Waals surface area contributed by atoms with Crippen LogP contribution in [-0.4, -0.2) is 16.7 Å². The summed E-state index contributed by atoms with van der Waals surface area (Å²) in [4.78, 5) is 0.975. The van der Waals surface area contributed by atoms with Gasteiger partial charge in [0, 0.05) is 11.6 Å². The van der Waals surface area contributed by atoms with E-state index in [2.05, 4.69) is 15.5 Å². The molecule has 6 heteroatoms. The van der Waals surface area contributed by atoms with Gasteiger partial charge in [-0.15, -0.1) is 16.4 Å². The molecule has 2 aromatic heterocycles. The zero-order valence-corrected chi connectivity index (χ0v) is 12.1.